The van der Waals surface area contributed by atoms with Crippen LogP contribution in [0.3, 0.4) is 0 Å². The number of hydrogen-bond donors (Lipinski definition) is 2. The van der Waals surface area contributed by atoms with Gasteiger partial charge in [-0.25, -0.2) is 0 Å². The standard InChI is InChI=1S/C19H38O4/c1-7-13(3)9-11-15(20)17-18(23-19(5,6)22-17)16(21)12-10-14(4)8-2/h13-18,20-21H,7-12H2,1-6H3/t13-,14-,15+,16+,17+,18+/m0/s1. The number of ether oxygens (including phenoxy) is 2. The van der Waals surface area contributed by atoms with Crippen LogP contribution in [0.5, 0.6) is 0 Å². The second kappa shape index (κ2) is 9.36. The van der Waals surface area contributed by atoms with Gasteiger partial charge in [-0.05, 0) is 51.4 Å². The predicted molar refractivity (Wildman–Crippen MR) is 93.2 cm³/mol. The van der Waals surface area contributed by atoms with Crippen LogP contribution in [0.1, 0.15) is 80.1 Å². The second-order valence-corrected chi connectivity index (χ2v) is 7.88. The van der Waals surface area contributed by atoms with E-state index in [1.807, 2.05) is 13.8 Å². The van der Waals surface area contributed by atoms with Crippen molar-refractivity contribution in [3.63, 3.8) is 0 Å². The van der Waals surface area contributed by atoms with E-state index >= 15 is 0 Å². The lowest BCUT2D eigenvalue weighted by Gasteiger charge is -2.27. The van der Waals surface area contributed by atoms with Crippen molar-refractivity contribution in [3.8, 4) is 0 Å². The van der Waals surface area contributed by atoms with Crippen LogP contribution in [0.4, 0.5) is 0 Å². The molecule has 1 rings (SSSR count). The molecule has 1 fully saturated rings. The van der Waals surface area contributed by atoms with Gasteiger partial charge in [-0.2, -0.15) is 0 Å². The topological polar surface area (TPSA) is 58.9 Å². The number of aliphatic hydroxyl groups excluding tert-OH is 2. The summed E-state index contributed by atoms with van der Waals surface area (Å²) in [5.41, 5.74) is 0. The van der Waals surface area contributed by atoms with Crippen molar-refractivity contribution in [3.05, 3.63) is 0 Å². The minimum Gasteiger partial charge on any atom is -0.390 e. The first-order valence-corrected chi connectivity index (χ1v) is 9.41. The molecule has 1 heterocycles. The first kappa shape index (κ1) is 20.9. The molecule has 23 heavy (non-hydrogen) atoms. The minimum atomic E-state index is -0.746. The molecule has 0 spiro atoms. The first-order chi connectivity index (χ1) is 10.7. The lowest BCUT2D eigenvalue weighted by atomic mass is 9.92. The molecule has 1 aliphatic heterocycles. The Morgan fingerprint density at radius 3 is 1.43 bits per heavy atom. The summed E-state index contributed by atoms with van der Waals surface area (Å²) in [5.74, 6) is 0.437. The Labute approximate surface area is 142 Å². The highest BCUT2D eigenvalue weighted by atomic mass is 16.8. The van der Waals surface area contributed by atoms with Crippen molar-refractivity contribution in [1.29, 1.82) is 0 Å². The summed E-state index contributed by atoms with van der Waals surface area (Å²) in [7, 11) is 0. The summed E-state index contributed by atoms with van der Waals surface area (Å²) in [6.45, 7) is 12.4. The molecular formula is C19H38O4. The smallest absolute Gasteiger partial charge is 0.164 e. The fourth-order valence-electron chi connectivity index (χ4n) is 3.06. The van der Waals surface area contributed by atoms with Gasteiger partial charge in [-0.3, -0.25) is 0 Å². The molecule has 4 heteroatoms. The zero-order chi connectivity index (χ0) is 17.6. The maximum absolute atomic E-state index is 10.6. The van der Waals surface area contributed by atoms with Crippen LogP contribution in [0.15, 0.2) is 0 Å². The molecule has 0 aromatic heterocycles. The quantitative estimate of drug-likeness (QED) is 0.638. The van der Waals surface area contributed by atoms with E-state index in [4.69, 9.17) is 9.47 Å². The fourth-order valence-corrected chi connectivity index (χ4v) is 3.06. The normalized spacial score (nSPS) is 29.2. The lowest BCUT2D eigenvalue weighted by Crippen LogP contribution is -2.42. The highest BCUT2D eigenvalue weighted by Crippen LogP contribution is 2.34. The van der Waals surface area contributed by atoms with Crippen LogP contribution in [-0.4, -0.2) is 40.4 Å². The Bertz CT molecular complexity index is 301. The van der Waals surface area contributed by atoms with Gasteiger partial charge in [0.15, 0.2) is 5.79 Å². The Morgan fingerprint density at radius 2 is 1.13 bits per heavy atom. The van der Waals surface area contributed by atoms with Gasteiger partial charge in [0.25, 0.3) is 0 Å². The average Bonchev–Trinajstić information content (AvgIpc) is 2.85. The van der Waals surface area contributed by atoms with E-state index in [0.29, 0.717) is 24.7 Å². The Balaban J connectivity index is 2.62. The van der Waals surface area contributed by atoms with Gasteiger partial charge in [0.2, 0.25) is 0 Å². The van der Waals surface area contributed by atoms with Crippen LogP contribution in [0.25, 0.3) is 0 Å². The van der Waals surface area contributed by atoms with E-state index in [-0.39, 0.29) is 0 Å². The van der Waals surface area contributed by atoms with Crippen molar-refractivity contribution in [2.24, 2.45) is 11.8 Å². The largest absolute Gasteiger partial charge is 0.390 e. The molecule has 0 bridgehead atoms. The minimum absolute atomic E-state index is 0.444. The van der Waals surface area contributed by atoms with Crippen molar-refractivity contribution in [2.75, 3.05) is 0 Å². The van der Waals surface area contributed by atoms with Gasteiger partial charge in [-0.15, -0.1) is 0 Å². The summed E-state index contributed by atoms with van der Waals surface area (Å²) in [6.07, 6.45) is 3.47. The van der Waals surface area contributed by atoms with Crippen molar-refractivity contribution >= 4 is 0 Å². The zero-order valence-electron chi connectivity index (χ0n) is 15.9. The Kier molecular flexibility index (Phi) is 8.50. The average molecular weight is 331 g/mol. The summed E-state index contributed by atoms with van der Waals surface area (Å²) in [6, 6.07) is 0. The number of aliphatic hydroxyl groups is 2. The molecule has 4 nitrogen and oxygen atoms in total. The first-order valence-electron chi connectivity index (χ1n) is 9.41. The molecule has 0 aromatic rings. The van der Waals surface area contributed by atoms with Gasteiger partial charge >= 0.3 is 0 Å². The summed E-state index contributed by atoms with van der Waals surface area (Å²) >= 11 is 0. The third-order valence-electron chi connectivity index (χ3n) is 5.23. The predicted octanol–water partition coefficient (Wildman–Crippen LogP) is 3.88. The Morgan fingerprint density at radius 1 is 0.783 bits per heavy atom. The van der Waals surface area contributed by atoms with E-state index < -0.39 is 30.2 Å². The summed E-state index contributed by atoms with van der Waals surface area (Å²) in [5, 5.41) is 21.1. The van der Waals surface area contributed by atoms with Gasteiger partial charge < -0.3 is 19.7 Å². The third kappa shape index (κ3) is 6.69. The van der Waals surface area contributed by atoms with E-state index in [1.54, 1.807) is 0 Å². The molecule has 1 aliphatic rings. The van der Waals surface area contributed by atoms with E-state index in [1.165, 1.54) is 0 Å². The van der Waals surface area contributed by atoms with Gasteiger partial charge in [-0.1, -0.05) is 40.5 Å². The number of rotatable bonds is 10. The molecule has 0 aromatic carbocycles. The van der Waals surface area contributed by atoms with E-state index in [2.05, 4.69) is 27.7 Å². The van der Waals surface area contributed by atoms with E-state index in [0.717, 1.165) is 25.7 Å². The monoisotopic (exact) mass is 330 g/mol. The molecule has 0 saturated carbocycles. The molecule has 2 N–H and O–H groups in total. The highest BCUT2D eigenvalue weighted by molar-refractivity contribution is 4.91. The van der Waals surface area contributed by atoms with Crippen LogP contribution in [0.2, 0.25) is 0 Å². The van der Waals surface area contributed by atoms with Crippen LogP contribution >= 0.6 is 0 Å². The molecule has 0 amide bonds. The van der Waals surface area contributed by atoms with Crippen molar-refractivity contribution < 1.29 is 19.7 Å². The summed E-state index contributed by atoms with van der Waals surface area (Å²) < 4.78 is 11.8. The SMILES string of the molecule is CC[C@H](C)CC[C@@H](O)[C@H]1OC(C)(C)O[C@@H]1[C@H](O)CC[C@@H](C)CC. The van der Waals surface area contributed by atoms with Gasteiger partial charge in [0, 0.05) is 0 Å². The van der Waals surface area contributed by atoms with Crippen LogP contribution in [0, 0.1) is 11.8 Å². The second-order valence-electron chi connectivity index (χ2n) is 7.88. The lowest BCUT2D eigenvalue weighted by molar-refractivity contribution is -0.161. The zero-order valence-corrected chi connectivity index (χ0v) is 15.9. The molecule has 0 aliphatic carbocycles. The van der Waals surface area contributed by atoms with Gasteiger partial charge in [0.05, 0.1) is 12.2 Å². The number of hydrogen-bond acceptors (Lipinski definition) is 4. The molecule has 0 unspecified atom stereocenters. The van der Waals surface area contributed by atoms with Crippen molar-refractivity contribution in [1.82, 2.24) is 0 Å². The summed E-state index contributed by atoms with van der Waals surface area (Å²) in [4.78, 5) is 0. The maximum atomic E-state index is 10.6. The van der Waals surface area contributed by atoms with Crippen LogP contribution in [-0.2, 0) is 9.47 Å². The molecule has 6 atom stereocenters. The molecule has 138 valence electrons. The van der Waals surface area contributed by atoms with Gasteiger partial charge in [0.1, 0.15) is 12.2 Å². The van der Waals surface area contributed by atoms with Crippen LogP contribution < -0.4 is 0 Å². The van der Waals surface area contributed by atoms with E-state index in [9.17, 15) is 10.2 Å². The molecular weight excluding hydrogens is 292 g/mol. The highest BCUT2D eigenvalue weighted by Gasteiger charge is 2.47. The van der Waals surface area contributed by atoms with Crippen molar-refractivity contribution in [2.45, 2.75) is 110 Å². The fraction of sp³-hybridized carbons (Fsp3) is 1.00. The third-order valence-corrected chi connectivity index (χ3v) is 5.23. The Hall–Kier alpha value is -0.160. The molecule has 1 saturated heterocycles. The molecule has 0 radical (unpaired) electrons. The maximum Gasteiger partial charge on any atom is 0.164 e.